The number of benzene rings is 1. The fraction of sp³-hybridized carbons (Fsp3) is 0.385. The molecular formula is C13H19NO3. The quantitative estimate of drug-likeness (QED) is 0.823. The van der Waals surface area contributed by atoms with Gasteiger partial charge in [-0.25, -0.2) is 0 Å². The zero-order valence-corrected chi connectivity index (χ0v) is 10.6. The molecule has 1 aromatic carbocycles. The van der Waals surface area contributed by atoms with E-state index in [1.54, 1.807) is 21.3 Å². The summed E-state index contributed by atoms with van der Waals surface area (Å²) >= 11 is 0. The summed E-state index contributed by atoms with van der Waals surface area (Å²) in [4.78, 5) is 0. The van der Waals surface area contributed by atoms with Crippen LogP contribution < -0.4 is 19.9 Å². The third-order valence-electron chi connectivity index (χ3n) is 2.53. The Bertz CT molecular complexity index is 402. The SMILES string of the molecule is C=C(CCN)c1ccc(OC)c(OC)c1OC. The van der Waals surface area contributed by atoms with E-state index >= 15 is 0 Å². The van der Waals surface area contributed by atoms with Gasteiger partial charge in [0.2, 0.25) is 5.75 Å². The van der Waals surface area contributed by atoms with Gasteiger partial charge in [-0.05, 0) is 30.7 Å². The summed E-state index contributed by atoms with van der Waals surface area (Å²) in [5.74, 6) is 1.84. The first-order valence-corrected chi connectivity index (χ1v) is 5.36. The Morgan fingerprint density at radius 2 is 1.76 bits per heavy atom. The van der Waals surface area contributed by atoms with Crippen molar-refractivity contribution in [3.8, 4) is 17.2 Å². The zero-order chi connectivity index (χ0) is 12.8. The normalized spacial score (nSPS) is 9.88. The van der Waals surface area contributed by atoms with Crippen LogP contribution in [-0.2, 0) is 0 Å². The molecule has 0 saturated heterocycles. The van der Waals surface area contributed by atoms with Crippen LogP contribution in [0.2, 0.25) is 0 Å². The molecule has 94 valence electrons. The molecule has 1 rings (SSSR count). The van der Waals surface area contributed by atoms with Gasteiger partial charge in [0.25, 0.3) is 0 Å². The first kappa shape index (κ1) is 13.4. The largest absolute Gasteiger partial charge is 0.493 e. The van der Waals surface area contributed by atoms with Crippen molar-refractivity contribution >= 4 is 5.57 Å². The second-order valence-corrected chi connectivity index (χ2v) is 3.52. The molecule has 0 amide bonds. The van der Waals surface area contributed by atoms with Crippen molar-refractivity contribution < 1.29 is 14.2 Å². The lowest BCUT2D eigenvalue weighted by Crippen LogP contribution is -2.02. The van der Waals surface area contributed by atoms with Gasteiger partial charge in [0.15, 0.2) is 11.5 Å². The third-order valence-corrected chi connectivity index (χ3v) is 2.53. The Labute approximate surface area is 102 Å². The predicted molar refractivity (Wildman–Crippen MR) is 68.8 cm³/mol. The van der Waals surface area contributed by atoms with Crippen LogP contribution >= 0.6 is 0 Å². The summed E-state index contributed by atoms with van der Waals surface area (Å²) in [6, 6.07) is 3.73. The number of hydrogen-bond acceptors (Lipinski definition) is 4. The average molecular weight is 237 g/mol. The number of nitrogens with two attached hydrogens (primary N) is 1. The number of methoxy groups -OCH3 is 3. The summed E-state index contributed by atoms with van der Waals surface area (Å²) in [5.41, 5.74) is 7.35. The zero-order valence-electron chi connectivity index (χ0n) is 10.6. The number of rotatable bonds is 6. The van der Waals surface area contributed by atoms with Crippen LogP contribution in [0.5, 0.6) is 17.2 Å². The molecule has 0 heterocycles. The van der Waals surface area contributed by atoms with Crippen molar-refractivity contribution in [3.63, 3.8) is 0 Å². The second kappa shape index (κ2) is 6.15. The minimum atomic E-state index is 0.552. The molecule has 0 aliphatic heterocycles. The standard InChI is InChI=1S/C13H19NO3/c1-9(7-8-14)10-5-6-11(15-2)13(17-4)12(10)16-3/h5-6H,1,7-8,14H2,2-4H3. The molecule has 0 unspecified atom stereocenters. The van der Waals surface area contributed by atoms with E-state index in [1.807, 2.05) is 12.1 Å². The molecule has 0 aromatic heterocycles. The van der Waals surface area contributed by atoms with Crippen LogP contribution in [0.25, 0.3) is 5.57 Å². The molecule has 1 aromatic rings. The van der Waals surface area contributed by atoms with E-state index < -0.39 is 0 Å². The van der Waals surface area contributed by atoms with Crippen LogP contribution in [0.1, 0.15) is 12.0 Å². The second-order valence-electron chi connectivity index (χ2n) is 3.52. The molecule has 17 heavy (non-hydrogen) atoms. The van der Waals surface area contributed by atoms with E-state index in [2.05, 4.69) is 6.58 Å². The van der Waals surface area contributed by atoms with Gasteiger partial charge < -0.3 is 19.9 Å². The monoisotopic (exact) mass is 237 g/mol. The molecule has 0 aliphatic carbocycles. The van der Waals surface area contributed by atoms with Gasteiger partial charge in [-0.1, -0.05) is 6.58 Å². The van der Waals surface area contributed by atoms with Crippen molar-refractivity contribution in [2.45, 2.75) is 6.42 Å². The predicted octanol–water partition coefficient (Wildman–Crippen LogP) is 2.07. The molecule has 4 nitrogen and oxygen atoms in total. The van der Waals surface area contributed by atoms with Crippen LogP contribution in [0.15, 0.2) is 18.7 Å². The lowest BCUT2D eigenvalue weighted by molar-refractivity contribution is 0.324. The summed E-state index contributed by atoms with van der Waals surface area (Å²) in [5, 5.41) is 0. The van der Waals surface area contributed by atoms with E-state index in [4.69, 9.17) is 19.9 Å². The molecule has 0 bridgehead atoms. The van der Waals surface area contributed by atoms with Gasteiger partial charge in [-0.2, -0.15) is 0 Å². The Hall–Kier alpha value is -1.68. The Balaban J connectivity index is 3.27. The summed E-state index contributed by atoms with van der Waals surface area (Å²) in [7, 11) is 4.76. The summed E-state index contributed by atoms with van der Waals surface area (Å²) in [6.45, 7) is 4.55. The smallest absolute Gasteiger partial charge is 0.203 e. The van der Waals surface area contributed by atoms with Crippen LogP contribution in [0.4, 0.5) is 0 Å². The highest BCUT2D eigenvalue weighted by atomic mass is 16.5. The van der Waals surface area contributed by atoms with Crippen molar-refractivity contribution in [2.75, 3.05) is 27.9 Å². The maximum absolute atomic E-state index is 5.53. The van der Waals surface area contributed by atoms with Gasteiger partial charge >= 0.3 is 0 Å². The van der Waals surface area contributed by atoms with Crippen molar-refractivity contribution in [2.24, 2.45) is 5.73 Å². The highest BCUT2D eigenvalue weighted by Crippen LogP contribution is 2.42. The highest BCUT2D eigenvalue weighted by molar-refractivity contribution is 5.74. The van der Waals surface area contributed by atoms with Gasteiger partial charge in [-0.3, -0.25) is 0 Å². The molecule has 0 saturated carbocycles. The van der Waals surface area contributed by atoms with Gasteiger partial charge in [-0.15, -0.1) is 0 Å². The van der Waals surface area contributed by atoms with Crippen LogP contribution in [0, 0.1) is 0 Å². The maximum atomic E-state index is 5.53. The molecule has 0 atom stereocenters. The topological polar surface area (TPSA) is 53.7 Å². The lowest BCUT2D eigenvalue weighted by atomic mass is 10.0. The minimum absolute atomic E-state index is 0.552. The van der Waals surface area contributed by atoms with Gasteiger partial charge in [0.05, 0.1) is 21.3 Å². The van der Waals surface area contributed by atoms with E-state index in [0.717, 1.165) is 11.1 Å². The van der Waals surface area contributed by atoms with E-state index in [9.17, 15) is 0 Å². The summed E-state index contributed by atoms with van der Waals surface area (Å²) < 4.78 is 15.9. The van der Waals surface area contributed by atoms with E-state index in [1.165, 1.54) is 0 Å². The van der Waals surface area contributed by atoms with Crippen molar-refractivity contribution in [1.82, 2.24) is 0 Å². The Kier molecular flexibility index (Phi) is 4.84. The van der Waals surface area contributed by atoms with Crippen molar-refractivity contribution in [1.29, 1.82) is 0 Å². The van der Waals surface area contributed by atoms with Gasteiger partial charge in [0.1, 0.15) is 0 Å². The molecule has 0 fully saturated rings. The van der Waals surface area contributed by atoms with E-state index in [-0.39, 0.29) is 0 Å². The Morgan fingerprint density at radius 1 is 1.12 bits per heavy atom. The van der Waals surface area contributed by atoms with Crippen LogP contribution in [0.3, 0.4) is 0 Å². The van der Waals surface area contributed by atoms with Gasteiger partial charge in [0, 0.05) is 5.56 Å². The lowest BCUT2D eigenvalue weighted by Gasteiger charge is -2.16. The molecule has 0 radical (unpaired) electrons. The average Bonchev–Trinajstić information content (AvgIpc) is 2.36. The number of ether oxygens (including phenoxy) is 3. The third kappa shape index (κ3) is 2.71. The first-order chi connectivity index (χ1) is 8.19. The first-order valence-electron chi connectivity index (χ1n) is 5.36. The molecule has 0 aliphatic rings. The molecular weight excluding hydrogens is 218 g/mol. The minimum Gasteiger partial charge on any atom is -0.493 e. The van der Waals surface area contributed by atoms with E-state index in [0.29, 0.717) is 30.2 Å². The van der Waals surface area contributed by atoms with Crippen molar-refractivity contribution in [3.05, 3.63) is 24.3 Å². The summed E-state index contributed by atoms with van der Waals surface area (Å²) in [6.07, 6.45) is 0.714. The van der Waals surface area contributed by atoms with Crippen LogP contribution in [-0.4, -0.2) is 27.9 Å². The molecule has 2 N–H and O–H groups in total. The Morgan fingerprint density at radius 3 is 2.24 bits per heavy atom. The highest BCUT2D eigenvalue weighted by Gasteiger charge is 2.16. The number of hydrogen-bond donors (Lipinski definition) is 1. The fourth-order valence-corrected chi connectivity index (χ4v) is 1.69. The molecule has 0 spiro atoms. The maximum Gasteiger partial charge on any atom is 0.203 e. The molecule has 4 heteroatoms. The fourth-order valence-electron chi connectivity index (χ4n) is 1.69.